The van der Waals surface area contributed by atoms with Crippen LogP contribution in [0.15, 0.2) is 35.4 Å². The van der Waals surface area contributed by atoms with Crippen LogP contribution in [-0.2, 0) is 0 Å². The molecular formula is C13H15N3S. The van der Waals surface area contributed by atoms with Gasteiger partial charge < -0.3 is 5.32 Å². The summed E-state index contributed by atoms with van der Waals surface area (Å²) in [5.74, 6) is 1.70. The van der Waals surface area contributed by atoms with E-state index in [1.54, 1.807) is 11.8 Å². The molecule has 1 N–H and O–H groups in total. The Morgan fingerprint density at radius 2 is 2.00 bits per heavy atom. The number of nitrogens with zero attached hydrogens (tertiary/aromatic N) is 2. The molecule has 0 amide bonds. The zero-order valence-corrected chi connectivity index (χ0v) is 11.0. The molecule has 88 valence electrons. The third kappa shape index (κ3) is 2.77. The Balaban J connectivity index is 2.33. The number of hydrogen-bond acceptors (Lipinski definition) is 4. The fourth-order valence-corrected chi connectivity index (χ4v) is 2.31. The van der Waals surface area contributed by atoms with Crippen molar-refractivity contribution >= 4 is 23.4 Å². The minimum Gasteiger partial charge on any atom is -0.324 e. The van der Waals surface area contributed by atoms with Gasteiger partial charge in [-0.2, -0.15) is 0 Å². The first kappa shape index (κ1) is 11.9. The first-order chi connectivity index (χ1) is 8.20. The molecule has 0 spiro atoms. The van der Waals surface area contributed by atoms with Crippen LogP contribution in [0.4, 0.5) is 11.6 Å². The number of anilines is 2. The number of pyridine rings is 2. The second-order valence-corrected chi connectivity index (χ2v) is 4.62. The van der Waals surface area contributed by atoms with Crippen molar-refractivity contribution in [3.05, 3.63) is 41.7 Å². The van der Waals surface area contributed by atoms with Gasteiger partial charge >= 0.3 is 0 Å². The molecule has 0 atom stereocenters. The van der Waals surface area contributed by atoms with Gasteiger partial charge in [-0.05, 0) is 43.9 Å². The fourth-order valence-electron chi connectivity index (χ4n) is 1.63. The smallest absolute Gasteiger partial charge is 0.145 e. The van der Waals surface area contributed by atoms with Crippen LogP contribution in [-0.4, -0.2) is 16.2 Å². The third-order valence-corrected chi connectivity index (χ3v) is 3.36. The van der Waals surface area contributed by atoms with E-state index in [0.717, 1.165) is 22.2 Å². The van der Waals surface area contributed by atoms with Crippen LogP contribution >= 0.6 is 11.8 Å². The van der Waals surface area contributed by atoms with E-state index in [9.17, 15) is 0 Å². The van der Waals surface area contributed by atoms with Crippen molar-refractivity contribution in [2.24, 2.45) is 0 Å². The molecule has 3 nitrogen and oxygen atoms in total. The Bertz CT molecular complexity index is 526. The lowest BCUT2D eigenvalue weighted by molar-refractivity contribution is 1.14. The largest absolute Gasteiger partial charge is 0.324 e. The third-order valence-electron chi connectivity index (χ3n) is 2.44. The van der Waals surface area contributed by atoms with Crippen molar-refractivity contribution < 1.29 is 0 Å². The SMILES string of the molecule is CSc1c(C)ccnc1Nc1cccc(C)n1. The van der Waals surface area contributed by atoms with E-state index in [1.165, 1.54) is 5.56 Å². The van der Waals surface area contributed by atoms with E-state index in [0.29, 0.717) is 0 Å². The Kier molecular flexibility index (Phi) is 3.64. The highest BCUT2D eigenvalue weighted by atomic mass is 32.2. The number of rotatable bonds is 3. The van der Waals surface area contributed by atoms with E-state index >= 15 is 0 Å². The average Bonchev–Trinajstić information content (AvgIpc) is 2.29. The van der Waals surface area contributed by atoms with Gasteiger partial charge in [0.2, 0.25) is 0 Å². The van der Waals surface area contributed by atoms with E-state index in [2.05, 4.69) is 28.5 Å². The Hall–Kier alpha value is -1.55. The van der Waals surface area contributed by atoms with Gasteiger partial charge in [0.1, 0.15) is 11.6 Å². The fraction of sp³-hybridized carbons (Fsp3) is 0.231. The topological polar surface area (TPSA) is 37.8 Å². The summed E-state index contributed by atoms with van der Waals surface area (Å²) in [6, 6.07) is 7.92. The Labute approximate surface area is 106 Å². The normalized spacial score (nSPS) is 10.3. The number of hydrogen-bond donors (Lipinski definition) is 1. The summed E-state index contributed by atoms with van der Waals surface area (Å²) in [6.45, 7) is 4.06. The monoisotopic (exact) mass is 245 g/mol. The molecule has 0 bridgehead atoms. The molecule has 2 rings (SSSR count). The van der Waals surface area contributed by atoms with Gasteiger partial charge in [0.05, 0.1) is 4.90 Å². The van der Waals surface area contributed by atoms with Crippen LogP contribution in [0.1, 0.15) is 11.3 Å². The quantitative estimate of drug-likeness (QED) is 0.839. The summed E-state index contributed by atoms with van der Waals surface area (Å²) in [7, 11) is 0. The van der Waals surface area contributed by atoms with Crippen LogP contribution in [0.3, 0.4) is 0 Å². The van der Waals surface area contributed by atoms with E-state index in [-0.39, 0.29) is 0 Å². The average molecular weight is 245 g/mol. The lowest BCUT2D eigenvalue weighted by Gasteiger charge is -2.11. The van der Waals surface area contributed by atoms with Gasteiger partial charge in [-0.3, -0.25) is 0 Å². The molecule has 2 aromatic rings. The zero-order valence-electron chi connectivity index (χ0n) is 10.2. The molecule has 0 aliphatic carbocycles. The molecule has 2 aromatic heterocycles. The molecule has 0 radical (unpaired) electrons. The summed E-state index contributed by atoms with van der Waals surface area (Å²) in [5, 5.41) is 3.26. The summed E-state index contributed by atoms with van der Waals surface area (Å²) in [4.78, 5) is 9.94. The minimum absolute atomic E-state index is 0.832. The predicted octanol–water partition coefficient (Wildman–Crippen LogP) is 3.56. The highest BCUT2D eigenvalue weighted by molar-refractivity contribution is 7.98. The summed E-state index contributed by atoms with van der Waals surface area (Å²) in [6.07, 6.45) is 3.87. The lowest BCUT2D eigenvalue weighted by Crippen LogP contribution is -1.99. The second-order valence-electron chi connectivity index (χ2n) is 3.80. The molecule has 4 heteroatoms. The van der Waals surface area contributed by atoms with Gasteiger partial charge in [-0.25, -0.2) is 9.97 Å². The van der Waals surface area contributed by atoms with Crippen molar-refractivity contribution in [2.45, 2.75) is 18.7 Å². The Morgan fingerprint density at radius 1 is 1.18 bits per heavy atom. The van der Waals surface area contributed by atoms with Crippen LogP contribution in [0.2, 0.25) is 0 Å². The molecule has 0 saturated heterocycles. The molecular weight excluding hydrogens is 230 g/mol. The number of aryl methyl sites for hydroxylation is 2. The van der Waals surface area contributed by atoms with Crippen LogP contribution in [0, 0.1) is 13.8 Å². The Morgan fingerprint density at radius 3 is 2.71 bits per heavy atom. The standard InChI is InChI=1S/C13H15N3S/c1-9-7-8-14-13(12(9)17-3)16-11-6-4-5-10(2)15-11/h4-8H,1-3H3,(H,14,15,16). The molecule has 2 heterocycles. The van der Waals surface area contributed by atoms with Crippen molar-refractivity contribution in [3.63, 3.8) is 0 Å². The lowest BCUT2D eigenvalue weighted by atomic mass is 10.3. The summed E-state index contributed by atoms with van der Waals surface area (Å²) in [5.41, 5.74) is 2.22. The zero-order chi connectivity index (χ0) is 12.3. The van der Waals surface area contributed by atoms with Gasteiger partial charge in [0.15, 0.2) is 0 Å². The maximum atomic E-state index is 4.41. The number of aromatic nitrogens is 2. The maximum Gasteiger partial charge on any atom is 0.145 e. The van der Waals surface area contributed by atoms with E-state index in [4.69, 9.17) is 0 Å². The first-order valence-electron chi connectivity index (χ1n) is 5.41. The molecule has 0 aliphatic rings. The molecule has 0 aliphatic heterocycles. The maximum absolute atomic E-state index is 4.41. The van der Waals surface area contributed by atoms with Crippen LogP contribution in [0.5, 0.6) is 0 Å². The molecule has 0 unspecified atom stereocenters. The van der Waals surface area contributed by atoms with E-state index < -0.39 is 0 Å². The van der Waals surface area contributed by atoms with Crippen molar-refractivity contribution in [3.8, 4) is 0 Å². The van der Waals surface area contributed by atoms with Crippen molar-refractivity contribution in [1.29, 1.82) is 0 Å². The van der Waals surface area contributed by atoms with Crippen molar-refractivity contribution in [2.75, 3.05) is 11.6 Å². The number of nitrogens with one attached hydrogen (secondary N) is 1. The number of thioether (sulfide) groups is 1. The highest BCUT2D eigenvalue weighted by Gasteiger charge is 2.06. The molecule has 0 aromatic carbocycles. The summed E-state index contributed by atoms with van der Waals surface area (Å²) >= 11 is 1.69. The van der Waals surface area contributed by atoms with Gasteiger partial charge in [-0.15, -0.1) is 11.8 Å². The minimum atomic E-state index is 0.832. The van der Waals surface area contributed by atoms with Crippen LogP contribution in [0.25, 0.3) is 0 Å². The summed E-state index contributed by atoms with van der Waals surface area (Å²) < 4.78 is 0. The molecule has 17 heavy (non-hydrogen) atoms. The van der Waals surface area contributed by atoms with Gasteiger partial charge in [0.25, 0.3) is 0 Å². The van der Waals surface area contributed by atoms with Crippen LogP contribution < -0.4 is 5.32 Å². The molecule has 0 saturated carbocycles. The highest BCUT2D eigenvalue weighted by Crippen LogP contribution is 2.28. The second kappa shape index (κ2) is 5.19. The van der Waals surface area contributed by atoms with E-state index in [1.807, 2.05) is 37.4 Å². The predicted molar refractivity (Wildman–Crippen MR) is 73.0 cm³/mol. The first-order valence-corrected chi connectivity index (χ1v) is 6.63. The van der Waals surface area contributed by atoms with Gasteiger partial charge in [-0.1, -0.05) is 6.07 Å². The van der Waals surface area contributed by atoms with Gasteiger partial charge in [0, 0.05) is 11.9 Å². The molecule has 0 fully saturated rings. The van der Waals surface area contributed by atoms with Crippen molar-refractivity contribution in [1.82, 2.24) is 9.97 Å².